The molecule has 186 valence electrons. The number of aromatic nitrogens is 3. The Labute approximate surface area is 220 Å². The van der Waals surface area contributed by atoms with E-state index in [2.05, 4.69) is 25.7 Å². The van der Waals surface area contributed by atoms with Crippen LogP contribution in [-0.2, 0) is 14.4 Å². The van der Waals surface area contributed by atoms with Crippen molar-refractivity contribution < 1.29 is 24.7 Å². The van der Waals surface area contributed by atoms with Crippen molar-refractivity contribution in [1.29, 1.82) is 0 Å². The van der Waals surface area contributed by atoms with Crippen molar-refractivity contribution in [1.82, 2.24) is 20.1 Å². The maximum absolute atomic E-state index is 12.9. The number of Topliss-reactive ketones (excluding diaryl/α,β-unsaturated/α-hetero) is 1. The molecule has 0 spiro atoms. The molecule has 12 nitrogen and oxygen atoms in total. The highest BCUT2D eigenvalue weighted by Crippen LogP contribution is 2.45. The molecule has 2 unspecified atom stereocenters. The maximum atomic E-state index is 12.9. The van der Waals surface area contributed by atoms with Crippen LogP contribution in [-0.4, -0.2) is 71.9 Å². The molecule has 1 saturated heterocycles. The molecule has 1 amide bonds. The first kappa shape index (κ1) is 25.7. The standard InChI is InChI=1S/C18H18ClN7O5S4/c1-21-17-23-24-18(35-17)33-5-32-9-3-2-7-6(14(28)26(7)12(9)15(29)30)4-8(27)10(25-31)11-13(19)34-16(20)22-11/h6-7,31H,2-5H2,1H3,(H2,20,22)(H,21,23)(H,29,30)/b25-10-. The van der Waals surface area contributed by atoms with Gasteiger partial charge in [0.1, 0.15) is 15.7 Å². The zero-order chi connectivity index (χ0) is 25.3. The number of thioether (sulfide) groups is 2. The van der Waals surface area contributed by atoms with Gasteiger partial charge in [-0.25, -0.2) is 9.78 Å². The predicted molar refractivity (Wildman–Crippen MR) is 135 cm³/mol. The molecule has 1 fully saturated rings. The van der Waals surface area contributed by atoms with Gasteiger partial charge in [0.25, 0.3) is 0 Å². The van der Waals surface area contributed by atoms with Gasteiger partial charge in [-0.2, -0.15) is 0 Å². The molecule has 0 radical (unpaired) electrons. The monoisotopic (exact) mass is 575 g/mol. The van der Waals surface area contributed by atoms with Gasteiger partial charge in [-0.15, -0.1) is 22.0 Å². The van der Waals surface area contributed by atoms with Crippen molar-refractivity contribution in [2.45, 2.75) is 29.6 Å². The summed E-state index contributed by atoms with van der Waals surface area (Å²) in [6, 6.07) is -0.438. The number of thiazole rings is 1. The molecule has 5 N–H and O–H groups in total. The molecule has 2 aromatic heterocycles. The molecular formula is C18H18ClN7O5S4. The number of hydrogen-bond acceptors (Lipinski definition) is 14. The summed E-state index contributed by atoms with van der Waals surface area (Å²) < 4.78 is 0.837. The summed E-state index contributed by atoms with van der Waals surface area (Å²) in [7, 11) is 1.75. The number of amides is 1. The number of halogens is 1. The van der Waals surface area contributed by atoms with Gasteiger partial charge in [0, 0.05) is 24.4 Å². The van der Waals surface area contributed by atoms with Gasteiger partial charge in [0.15, 0.2) is 21.0 Å². The number of carboxylic acid groups (broad SMARTS) is 1. The lowest BCUT2D eigenvalue weighted by Crippen LogP contribution is -2.63. The molecule has 2 aromatic rings. The van der Waals surface area contributed by atoms with Gasteiger partial charge in [-0.05, 0) is 12.8 Å². The van der Waals surface area contributed by atoms with Crippen LogP contribution in [0.2, 0.25) is 4.34 Å². The van der Waals surface area contributed by atoms with Crippen molar-refractivity contribution in [3.8, 4) is 0 Å². The van der Waals surface area contributed by atoms with E-state index in [9.17, 15) is 24.7 Å². The Bertz CT molecular complexity index is 1250. The normalized spacial score (nSPS) is 20.0. The Morgan fingerprint density at radius 1 is 1.34 bits per heavy atom. The number of oxime groups is 1. The van der Waals surface area contributed by atoms with Crippen LogP contribution >= 0.6 is 57.8 Å². The lowest BCUT2D eigenvalue weighted by molar-refractivity contribution is -0.159. The Morgan fingerprint density at radius 2 is 2.11 bits per heavy atom. The number of carbonyl (C=O) groups excluding carboxylic acids is 2. The number of nitrogen functional groups attached to an aromatic ring is 1. The minimum absolute atomic E-state index is 0.0477. The van der Waals surface area contributed by atoms with Crippen LogP contribution in [0.25, 0.3) is 0 Å². The molecule has 2 aliphatic rings. The molecule has 0 aromatic carbocycles. The Kier molecular flexibility index (Phi) is 7.85. The topological polar surface area (TPSA) is 184 Å². The van der Waals surface area contributed by atoms with Crippen LogP contribution in [0, 0.1) is 5.92 Å². The average molecular weight is 576 g/mol. The summed E-state index contributed by atoms with van der Waals surface area (Å²) in [5.74, 6) is -3.02. The van der Waals surface area contributed by atoms with Gasteiger partial charge in [-0.1, -0.05) is 51.2 Å². The second-order valence-corrected chi connectivity index (χ2v) is 12.5. The third-order valence-electron chi connectivity index (χ3n) is 5.36. The molecule has 2 atom stereocenters. The van der Waals surface area contributed by atoms with E-state index in [0.717, 1.165) is 15.7 Å². The molecule has 4 heterocycles. The lowest BCUT2D eigenvalue weighted by atomic mass is 9.77. The van der Waals surface area contributed by atoms with E-state index in [-0.39, 0.29) is 33.0 Å². The summed E-state index contributed by atoms with van der Waals surface area (Å²) in [4.78, 5) is 43.5. The van der Waals surface area contributed by atoms with Crippen LogP contribution < -0.4 is 11.1 Å². The number of nitrogens with zero attached hydrogens (tertiary/aromatic N) is 5. The minimum atomic E-state index is -1.20. The fourth-order valence-corrected chi connectivity index (χ4v) is 8.00. The van der Waals surface area contributed by atoms with E-state index in [4.69, 9.17) is 17.3 Å². The number of carbonyl (C=O) groups is 3. The third-order valence-corrected chi connectivity index (χ3v) is 9.80. The summed E-state index contributed by atoms with van der Waals surface area (Å²) in [6.45, 7) is 0. The maximum Gasteiger partial charge on any atom is 0.353 e. The first-order chi connectivity index (χ1) is 16.7. The number of nitrogens with one attached hydrogen (secondary N) is 1. The zero-order valence-electron chi connectivity index (χ0n) is 17.9. The highest BCUT2D eigenvalue weighted by Gasteiger charge is 2.53. The molecule has 35 heavy (non-hydrogen) atoms. The largest absolute Gasteiger partial charge is 0.477 e. The highest BCUT2D eigenvalue weighted by atomic mass is 35.5. The number of anilines is 2. The Balaban J connectivity index is 1.43. The fourth-order valence-electron chi connectivity index (χ4n) is 3.84. The number of fused-ring (bicyclic) bond motifs is 1. The van der Waals surface area contributed by atoms with Crippen LogP contribution in [0.4, 0.5) is 10.3 Å². The number of carboxylic acids is 1. The summed E-state index contributed by atoms with van der Waals surface area (Å²) in [5.41, 5.74) is 5.11. The number of hydrogen-bond donors (Lipinski definition) is 4. The number of aliphatic carboxylic acids is 1. The second kappa shape index (κ2) is 10.7. The third kappa shape index (κ3) is 5.11. The van der Waals surface area contributed by atoms with E-state index in [1.165, 1.54) is 39.8 Å². The van der Waals surface area contributed by atoms with Gasteiger partial charge in [0.05, 0.1) is 11.0 Å². The Morgan fingerprint density at radius 3 is 2.71 bits per heavy atom. The average Bonchev–Trinajstić information content (AvgIpc) is 3.42. The molecule has 0 saturated carbocycles. The molecule has 17 heteroatoms. The summed E-state index contributed by atoms with van der Waals surface area (Å²) >= 11 is 11.1. The molecule has 4 rings (SSSR count). The van der Waals surface area contributed by atoms with E-state index in [0.29, 0.717) is 28.0 Å². The van der Waals surface area contributed by atoms with Crippen molar-refractivity contribution in [3.05, 3.63) is 20.6 Å². The molecule has 2 aliphatic heterocycles. The number of allylic oxidation sites excluding steroid dienone is 1. The van der Waals surface area contributed by atoms with Crippen molar-refractivity contribution in [3.63, 3.8) is 0 Å². The van der Waals surface area contributed by atoms with Crippen molar-refractivity contribution in [2.75, 3.05) is 23.2 Å². The second-order valence-electron chi connectivity index (χ2n) is 7.28. The number of β-lactam (4-membered cyclic amide) rings is 1. The SMILES string of the molecule is CNc1nnc(SCSC2=C(C(=O)O)N3C(=O)C(CC(=O)/C(=N/O)c4nc(N)sc4Cl)C3CC2)s1. The lowest BCUT2D eigenvalue weighted by Gasteiger charge is -2.50. The van der Waals surface area contributed by atoms with Crippen molar-refractivity contribution >= 4 is 91.4 Å². The first-order valence-electron chi connectivity index (χ1n) is 9.98. The predicted octanol–water partition coefficient (Wildman–Crippen LogP) is 2.81. The smallest absolute Gasteiger partial charge is 0.353 e. The van der Waals surface area contributed by atoms with E-state index in [1.807, 2.05) is 0 Å². The highest BCUT2D eigenvalue weighted by molar-refractivity contribution is 8.18. The van der Waals surface area contributed by atoms with E-state index < -0.39 is 29.6 Å². The number of ketones is 1. The number of nitrogens with two attached hydrogens (primary N) is 1. The van der Waals surface area contributed by atoms with Crippen LogP contribution in [0.3, 0.4) is 0 Å². The summed E-state index contributed by atoms with van der Waals surface area (Å²) in [6.07, 6.45) is 0.703. The van der Waals surface area contributed by atoms with E-state index in [1.54, 1.807) is 7.05 Å². The fraction of sp³-hybridized carbons (Fsp3) is 0.389. The van der Waals surface area contributed by atoms with Gasteiger partial charge in [0.2, 0.25) is 11.0 Å². The quantitative estimate of drug-likeness (QED) is 0.0812. The zero-order valence-corrected chi connectivity index (χ0v) is 21.9. The molecule has 0 aliphatic carbocycles. The first-order valence-corrected chi connectivity index (χ1v) is 14.0. The Hall–Kier alpha value is -2.40. The van der Waals surface area contributed by atoms with Crippen LogP contribution in [0.15, 0.2) is 20.1 Å². The van der Waals surface area contributed by atoms with Gasteiger partial charge < -0.3 is 26.3 Å². The van der Waals surface area contributed by atoms with Crippen LogP contribution in [0.1, 0.15) is 25.0 Å². The minimum Gasteiger partial charge on any atom is -0.477 e. The molecule has 0 bridgehead atoms. The number of rotatable bonds is 10. The van der Waals surface area contributed by atoms with Gasteiger partial charge in [-0.3, -0.25) is 9.59 Å². The van der Waals surface area contributed by atoms with Crippen LogP contribution in [0.5, 0.6) is 0 Å². The van der Waals surface area contributed by atoms with Gasteiger partial charge >= 0.3 is 5.97 Å². The van der Waals surface area contributed by atoms with Crippen molar-refractivity contribution in [2.24, 2.45) is 11.1 Å². The van der Waals surface area contributed by atoms with E-state index >= 15 is 0 Å². The summed E-state index contributed by atoms with van der Waals surface area (Å²) in [5, 5.41) is 34.4. The molecular weight excluding hydrogens is 558 g/mol.